The molecule has 2 heteroatoms. The Hall–Kier alpha value is -0.0800. The Kier molecular flexibility index (Phi) is 6.46. The average Bonchev–Trinajstić information content (AvgIpc) is 2.18. The number of aliphatic hydroxyl groups is 2. The van der Waals surface area contributed by atoms with Gasteiger partial charge in [0.15, 0.2) is 0 Å². The standard InChI is InChI=1S/C13H28O2/c1-5-8-12(3,11-14)9-7-10-13(4,15)6-2/h14-15H,5-11H2,1-4H3. The van der Waals surface area contributed by atoms with Crippen LogP contribution in [0.5, 0.6) is 0 Å². The van der Waals surface area contributed by atoms with Crippen LogP contribution in [0.2, 0.25) is 0 Å². The van der Waals surface area contributed by atoms with Crippen LogP contribution in [0.25, 0.3) is 0 Å². The Bertz CT molecular complexity index is 166. The molecule has 0 rings (SSSR count). The van der Waals surface area contributed by atoms with Gasteiger partial charge in [-0.1, -0.05) is 27.2 Å². The summed E-state index contributed by atoms with van der Waals surface area (Å²) in [6, 6.07) is 0. The third kappa shape index (κ3) is 6.16. The number of aliphatic hydroxyl groups excluding tert-OH is 1. The maximum atomic E-state index is 9.86. The van der Waals surface area contributed by atoms with E-state index in [4.69, 9.17) is 0 Å². The van der Waals surface area contributed by atoms with Gasteiger partial charge < -0.3 is 10.2 Å². The SMILES string of the molecule is CCCC(C)(CO)CCCC(C)(O)CC. The summed E-state index contributed by atoms with van der Waals surface area (Å²) >= 11 is 0. The van der Waals surface area contributed by atoms with Crippen LogP contribution in [0.3, 0.4) is 0 Å². The third-order valence-corrected chi connectivity index (χ3v) is 3.49. The van der Waals surface area contributed by atoms with E-state index in [-0.39, 0.29) is 12.0 Å². The molecule has 0 saturated carbocycles. The third-order valence-electron chi connectivity index (χ3n) is 3.49. The van der Waals surface area contributed by atoms with Gasteiger partial charge in [0.2, 0.25) is 0 Å². The molecule has 0 radical (unpaired) electrons. The summed E-state index contributed by atoms with van der Waals surface area (Å²) in [5.41, 5.74) is -0.471. The zero-order valence-corrected chi connectivity index (χ0v) is 10.8. The number of rotatable bonds is 8. The molecule has 0 aliphatic carbocycles. The van der Waals surface area contributed by atoms with Crippen LogP contribution < -0.4 is 0 Å². The van der Waals surface area contributed by atoms with E-state index in [0.29, 0.717) is 0 Å². The Balaban J connectivity index is 3.91. The van der Waals surface area contributed by atoms with Gasteiger partial charge in [0.05, 0.1) is 5.60 Å². The predicted molar refractivity (Wildman–Crippen MR) is 64.9 cm³/mol. The molecule has 2 atom stereocenters. The zero-order chi connectivity index (χ0) is 11.9. The fraction of sp³-hybridized carbons (Fsp3) is 1.00. The molecule has 0 aromatic rings. The molecule has 0 bridgehead atoms. The molecule has 0 aromatic carbocycles. The molecule has 0 aromatic heterocycles. The molecule has 0 heterocycles. The van der Waals surface area contributed by atoms with Crippen LogP contribution in [0.1, 0.15) is 66.2 Å². The molecular weight excluding hydrogens is 188 g/mol. The summed E-state index contributed by atoms with van der Waals surface area (Å²) < 4.78 is 0. The Morgan fingerprint density at radius 3 is 2.00 bits per heavy atom. The van der Waals surface area contributed by atoms with Crippen LogP contribution in [0.4, 0.5) is 0 Å². The van der Waals surface area contributed by atoms with Gasteiger partial charge in [-0.05, 0) is 44.4 Å². The summed E-state index contributed by atoms with van der Waals surface area (Å²) in [7, 11) is 0. The van der Waals surface area contributed by atoms with E-state index in [9.17, 15) is 10.2 Å². The largest absolute Gasteiger partial charge is 0.396 e. The molecule has 2 unspecified atom stereocenters. The van der Waals surface area contributed by atoms with Gasteiger partial charge in [0.1, 0.15) is 0 Å². The van der Waals surface area contributed by atoms with Crippen molar-refractivity contribution in [3.8, 4) is 0 Å². The Morgan fingerprint density at radius 1 is 1.00 bits per heavy atom. The lowest BCUT2D eigenvalue weighted by Crippen LogP contribution is -2.25. The molecule has 0 spiro atoms. The van der Waals surface area contributed by atoms with Crippen LogP contribution >= 0.6 is 0 Å². The van der Waals surface area contributed by atoms with Gasteiger partial charge in [0.25, 0.3) is 0 Å². The minimum atomic E-state index is -0.525. The van der Waals surface area contributed by atoms with Crippen molar-refractivity contribution in [3.63, 3.8) is 0 Å². The summed E-state index contributed by atoms with van der Waals surface area (Å²) in [5, 5.41) is 19.2. The fourth-order valence-corrected chi connectivity index (χ4v) is 1.96. The molecule has 0 saturated heterocycles. The topological polar surface area (TPSA) is 40.5 Å². The first kappa shape index (κ1) is 14.9. The van der Waals surface area contributed by atoms with Crippen LogP contribution in [0.15, 0.2) is 0 Å². The fourth-order valence-electron chi connectivity index (χ4n) is 1.96. The second-order valence-electron chi connectivity index (χ2n) is 5.42. The van der Waals surface area contributed by atoms with Crippen LogP contribution in [0, 0.1) is 5.41 Å². The van der Waals surface area contributed by atoms with Crippen molar-refractivity contribution in [2.24, 2.45) is 5.41 Å². The monoisotopic (exact) mass is 216 g/mol. The lowest BCUT2D eigenvalue weighted by atomic mass is 9.80. The van der Waals surface area contributed by atoms with E-state index in [1.165, 1.54) is 0 Å². The normalized spacial score (nSPS) is 19.6. The lowest BCUT2D eigenvalue weighted by molar-refractivity contribution is 0.0364. The van der Waals surface area contributed by atoms with Gasteiger partial charge in [-0.15, -0.1) is 0 Å². The molecule has 0 fully saturated rings. The zero-order valence-electron chi connectivity index (χ0n) is 10.8. The molecule has 0 amide bonds. The van der Waals surface area contributed by atoms with E-state index in [1.54, 1.807) is 0 Å². The average molecular weight is 216 g/mol. The second-order valence-corrected chi connectivity index (χ2v) is 5.42. The predicted octanol–water partition coefficient (Wildman–Crippen LogP) is 3.12. The summed E-state index contributed by atoms with van der Waals surface area (Å²) in [5.74, 6) is 0. The van der Waals surface area contributed by atoms with E-state index in [1.807, 2.05) is 13.8 Å². The van der Waals surface area contributed by atoms with E-state index < -0.39 is 5.60 Å². The molecule has 0 aliphatic heterocycles. The van der Waals surface area contributed by atoms with E-state index in [0.717, 1.165) is 38.5 Å². The molecule has 92 valence electrons. The quantitative estimate of drug-likeness (QED) is 0.654. The van der Waals surface area contributed by atoms with Gasteiger partial charge in [-0.2, -0.15) is 0 Å². The first-order valence-electron chi connectivity index (χ1n) is 6.22. The lowest BCUT2D eigenvalue weighted by Gasteiger charge is -2.29. The Morgan fingerprint density at radius 2 is 1.60 bits per heavy atom. The first-order chi connectivity index (χ1) is 6.89. The molecule has 0 aliphatic rings. The molecular formula is C13H28O2. The summed E-state index contributed by atoms with van der Waals surface area (Å²) in [6.07, 6.45) is 5.82. The maximum Gasteiger partial charge on any atom is 0.0617 e. The van der Waals surface area contributed by atoms with Crippen molar-refractivity contribution in [2.45, 2.75) is 71.8 Å². The highest BCUT2D eigenvalue weighted by Crippen LogP contribution is 2.30. The minimum Gasteiger partial charge on any atom is -0.396 e. The highest BCUT2D eigenvalue weighted by atomic mass is 16.3. The summed E-state index contributed by atoms with van der Waals surface area (Å²) in [6.45, 7) is 8.45. The van der Waals surface area contributed by atoms with Gasteiger partial charge in [-0.25, -0.2) is 0 Å². The van der Waals surface area contributed by atoms with Crippen molar-refractivity contribution >= 4 is 0 Å². The van der Waals surface area contributed by atoms with Gasteiger partial charge >= 0.3 is 0 Å². The second kappa shape index (κ2) is 6.49. The van der Waals surface area contributed by atoms with Gasteiger partial charge in [0, 0.05) is 6.61 Å². The van der Waals surface area contributed by atoms with Crippen molar-refractivity contribution in [1.29, 1.82) is 0 Å². The van der Waals surface area contributed by atoms with Crippen molar-refractivity contribution in [3.05, 3.63) is 0 Å². The van der Waals surface area contributed by atoms with Crippen molar-refractivity contribution in [1.82, 2.24) is 0 Å². The highest BCUT2D eigenvalue weighted by molar-refractivity contribution is 4.76. The summed E-state index contributed by atoms with van der Waals surface area (Å²) in [4.78, 5) is 0. The highest BCUT2D eigenvalue weighted by Gasteiger charge is 2.24. The van der Waals surface area contributed by atoms with E-state index in [2.05, 4.69) is 13.8 Å². The molecule has 2 N–H and O–H groups in total. The van der Waals surface area contributed by atoms with Crippen LogP contribution in [-0.4, -0.2) is 22.4 Å². The Labute approximate surface area is 94.7 Å². The van der Waals surface area contributed by atoms with Crippen molar-refractivity contribution < 1.29 is 10.2 Å². The smallest absolute Gasteiger partial charge is 0.0617 e. The van der Waals surface area contributed by atoms with E-state index >= 15 is 0 Å². The van der Waals surface area contributed by atoms with Crippen molar-refractivity contribution in [2.75, 3.05) is 6.61 Å². The minimum absolute atomic E-state index is 0.0541. The number of hydrogen-bond donors (Lipinski definition) is 2. The maximum absolute atomic E-state index is 9.86. The van der Waals surface area contributed by atoms with Crippen LogP contribution in [-0.2, 0) is 0 Å². The van der Waals surface area contributed by atoms with Gasteiger partial charge in [-0.3, -0.25) is 0 Å². The molecule has 2 nitrogen and oxygen atoms in total. The number of hydrogen-bond acceptors (Lipinski definition) is 2. The molecule has 15 heavy (non-hydrogen) atoms. The first-order valence-corrected chi connectivity index (χ1v) is 6.22.